The zero-order valence-corrected chi connectivity index (χ0v) is 11.1. The van der Waals surface area contributed by atoms with E-state index in [1.807, 2.05) is 12.3 Å². The summed E-state index contributed by atoms with van der Waals surface area (Å²) < 4.78 is 0. The van der Waals surface area contributed by atoms with Crippen LogP contribution in [0.1, 0.15) is 29.4 Å². The van der Waals surface area contributed by atoms with E-state index in [1.54, 1.807) is 12.1 Å². The van der Waals surface area contributed by atoms with Crippen LogP contribution >= 0.6 is 11.3 Å². The van der Waals surface area contributed by atoms with Crippen LogP contribution < -0.4 is 10.6 Å². The van der Waals surface area contributed by atoms with Crippen molar-refractivity contribution in [3.8, 4) is 0 Å². The fraction of sp³-hybridized carbons (Fsp3) is 0.500. The summed E-state index contributed by atoms with van der Waals surface area (Å²) in [6.45, 7) is 1.96. The summed E-state index contributed by atoms with van der Waals surface area (Å²) in [6.07, 6.45) is 1.38. The Kier molecular flexibility index (Phi) is 6.38. The number of nitrogens with one attached hydrogen (secondary N) is 2. The van der Waals surface area contributed by atoms with Gasteiger partial charge in [-0.05, 0) is 31.2 Å². The van der Waals surface area contributed by atoms with Crippen LogP contribution in [0.3, 0.4) is 0 Å². The average molecular weight is 270 g/mol. The number of thiophene rings is 1. The Morgan fingerprint density at radius 1 is 1.50 bits per heavy atom. The number of carbonyl (C=O) groups excluding carboxylic acids is 2. The highest BCUT2D eigenvalue weighted by Crippen LogP contribution is 2.07. The minimum atomic E-state index is -0.233. The molecule has 0 saturated carbocycles. The quantitative estimate of drug-likeness (QED) is 0.684. The number of aliphatic hydroxyl groups excluding tert-OH is 1. The maximum absolute atomic E-state index is 11.6. The molecule has 0 aliphatic rings. The van der Waals surface area contributed by atoms with E-state index < -0.39 is 0 Å². The van der Waals surface area contributed by atoms with Gasteiger partial charge in [-0.3, -0.25) is 9.59 Å². The molecule has 0 aromatic carbocycles. The Balaban J connectivity index is 2.22. The molecule has 0 radical (unpaired) electrons. The summed E-state index contributed by atoms with van der Waals surface area (Å²) >= 11 is 1.34. The first kappa shape index (κ1) is 14.7. The van der Waals surface area contributed by atoms with E-state index in [4.69, 9.17) is 5.11 Å². The summed E-state index contributed by atoms with van der Waals surface area (Å²) in [5.41, 5.74) is 0. The molecule has 2 amide bonds. The van der Waals surface area contributed by atoms with Crippen molar-refractivity contribution in [1.29, 1.82) is 0 Å². The van der Waals surface area contributed by atoms with Crippen molar-refractivity contribution in [2.45, 2.75) is 25.8 Å². The standard InChI is InChI=1S/C12H18N2O3S/c1-9(4-2-6-15)14-11(16)8-13-12(17)10-5-3-7-18-10/h3,5,7,9,15H,2,4,6,8H2,1H3,(H,13,17)(H,14,16). The lowest BCUT2D eigenvalue weighted by Crippen LogP contribution is -2.40. The predicted molar refractivity (Wildman–Crippen MR) is 70.6 cm³/mol. The first-order chi connectivity index (χ1) is 8.63. The topological polar surface area (TPSA) is 78.4 Å². The lowest BCUT2D eigenvalue weighted by atomic mass is 10.2. The second-order valence-corrected chi connectivity index (χ2v) is 4.94. The highest BCUT2D eigenvalue weighted by Gasteiger charge is 2.10. The second-order valence-electron chi connectivity index (χ2n) is 3.99. The fourth-order valence-electron chi connectivity index (χ4n) is 1.45. The highest BCUT2D eigenvalue weighted by molar-refractivity contribution is 7.12. The van der Waals surface area contributed by atoms with Gasteiger partial charge in [-0.1, -0.05) is 6.07 Å². The van der Waals surface area contributed by atoms with Gasteiger partial charge in [0.1, 0.15) is 0 Å². The average Bonchev–Trinajstić information content (AvgIpc) is 2.87. The van der Waals surface area contributed by atoms with Gasteiger partial charge in [-0.15, -0.1) is 11.3 Å². The van der Waals surface area contributed by atoms with Gasteiger partial charge >= 0.3 is 0 Å². The lowest BCUT2D eigenvalue weighted by molar-refractivity contribution is -0.120. The minimum Gasteiger partial charge on any atom is -0.396 e. The Morgan fingerprint density at radius 2 is 2.28 bits per heavy atom. The molecule has 6 heteroatoms. The molecule has 1 atom stereocenters. The third-order valence-corrected chi connectivity index (χ3v) is 3.23. The maximum atomic E-state index is 11.6. The molecule has 0 saturated heterocycles. The van der Waals surface area contributed by atoms with Gasteiger partial charge in [-0.25, -0.2) is 0 Å². The third-order valence-electron chi connectivity index (χ3n) is 2.36. The number of rotatable bonds is 7. The van der Waals surface area contributed by atoms with Gasteiger partial charge in [0.05, 0.1) is 11.4 Å². The monoisotopic (exact) mass is 270 g/mol. The zero-order chi connectivity index (χ0) is 13.4. The van der Waals surface area contributed by atoms with Gasteiger partial charge in [-0.2, -0.15) is 0 Å². The van der Waals surface area contributed by atoms with Crippen LogP contribution in [0.5, 0.6) is 0 Å². The van der Waals surface area contributed by atoms with Crippen LogP contribution in [0.15, 0.2) is 17.5 Å². The van der Waals surface area contributed by atoms with Crippen LogP contribution in [-0.2, 0) is 4.79 Å². The summed E-state index contributed by atoms with van der Waals surface area (Å²) in [6, 6.07) is 3.50. The van der Waals surface area contributed by atoms with Crippen LogP contribution in [0, 0.1) is 0 Å². The molecule has 100 valence electrons. The molecule has 18 heavy (non-hydrogen) atoms. The molecule has 3 N–H and O–H groups in total. The molecule has 1 rings (SSSR count). The van der Waals surface area contributed by atoms with Crippen molar-refractivity contribution in [1.82, 2.24) is 10.6 Å². The molecule has 0 fully saturated rings. The van der Waals surface area contributed by atoms with E-state index in [0.29, 0.717) is 11.3 Å². The van der Waals surface area contributed by atoms with E-state index in [2.05, 4.69) is 10.6 Å². The van der Waals surface area contributed by atoms with Gasteiger partial charge < -0.3 is 15.7 Å². The smallest absolute Gasteiger partial charge is 0.261 e. The number of hydrogen-bond acceptors (Lipinski definition) is 4. The van der Waals surface area contributed by atoms with Crippen LogP contribution in [-0.4, -0.2) is 36.1 Å². The summed E-state index contributed by atoms with van der Waals surface area (Å²) in [7, 11) is 0. The SMILES string of the molecule is CC(CCCO)NC(=O)CNC(=O)c1cccs1. The maximum Gasteiger partial charge on any atom is 0.261 e. The summed E-state index contributed by atoms with van der Waals surface area (Å²) in [5.74, 6) is -0.450. The Hall–Kier alpha value is -1.40. The Morgan fingerprint density at radius 3 is 2.89 bits per heavy atom. The van der Waals surface area contributed by atoms with E-state index in [0.717, 1.165) is 6.42 Å². The first-order valence-corrected chi connectivity index (χ1v) is 6.73. The summed E-state index contributed by atoms with van der Waals surface area (Å²) in [4.78, 5) is 23.7. The predicted octanol–water partition coefficient (Wildman–Crippen LogP) is 0.755. The lowest BCUT2D eigenvalue weighted by Gasteiger charge is -2.13. The number of aliphatic hydroxyl groups is 1. The van der Waals surface area contributed by atoms with Gasteiger partial charge in [0, 0.05) is 12.6 Å². The van der Waals surface area contributed by atoms with E-state index in [-0.39, 0.29) is 31.0 Å². The van der Waals surface area contributed by atoms with Crippen molar-refractivity contribution in [2.75, 3.05) is 13.2 Å². The Labute approximate surface area is 110 Å². The molecule has 5 nitrogen and oxygen atoms in total. The molecule has 0 bridgehead atoms. The Bertz CT molecular complexity index is 379. The van der Waals surface area contributed by atoms with Crippen molar-refractivity contribution in [3.63, 3.8) is 0 Å². The van der Waals surface area contributed by atoms with Crippen molar-refractivity contribution >= 4 is 23.2 Å². The molecule has 1 aromatic heterocycles. The van der Waals surface area contributed by atoms with Crippen molar-refractivity contribution in [3.05, 3.63) is 22.4 Å². The normalized spacial score (nSPS) is 11.9. The number of amides is 2. The fourth-order valence-corrected chi connectivity index (χ4v) is 2.09. The molecule has 1 heterocycles. The number of carbonyl (C=O) groups is 2. The van der Waals surface area contributed by atoms with Crippen LogP contribution in [0.4, 0.5) is 0 Å². The molecular formula is C12H18N2O3S. The van der Waals surface area contributed by atoms with Crippen LogP contribution in [0.2, 0.25) is 0 Å². The molecule has 0 aliphatic carbocycles. The second kappa shape index (κ2) is 7.84. The van der Waals surface area contributed by atoms with Crippen molar-refractivity contribution < 1.29 is 14.7 Å². The molecule has 1 aromatic rings. The largest absolute Gasteiger partial charge is 0.396 e. The zero-order valence-electron chi connectivity index (χ0n) is 10.3. The van der Waals surface area contributed by atoms with E-state index in [1.165, 1.54) is 11.3 Å². The van der Waals surface area contributed by atoms with Gasteiger partial charge in [0.2, 0.25) is 5.91 Å². The third kappa shape index (κ3) is 5.29. The summed E-state index contributed by atoms with van der Waals surface area (Å²) in [5, 5.41) is 15.8. The molecule has 0 aliphatic heterocycles. The molecule has 1 unspecified atom stereocenters. The van der Waals surface area contributed by atoms with E-state index >= 15 is 0 Å². The molecular weight excluding hydrogens is 252 g/mol. The first-order valence-electron chi connectivity index (χ1n) is 5.85. The minimum absolute atomic E-state index is 0.00305. The van der Waals surface area contributed by atoms with Gasteiger partial charge in [0.15, 0.2) is 0 Å². The van der Waals surface area contributed by atoms with Crippen molar-refractivity contribution in [2.24, 2.45) is 0 Å². The number of hydrogen-bond donors (Lipinski definition) is 3. The van der Waals surface area contributed by atoms with E-state index in [9.17, 15) is 9.59 Å². The van der Waals surface area contributed by atoms with Gasteiger partial charge in [0.25, 0.3) is 5.91 Å². The van der Waals surface area contributed by atoms with Crippen LogP contribution in [0.25, 0.3) is 0 Å². The highest BCUT2D eigenvalue weighted by atomic mass is 32.1. The molecule has 0 spiro atoms.